The Bertz CT molecular complexity index is 213. The van der Waals surface area contributed by atoms with Crippen LogP contribution in [-0.4, -0.2) is 42.4 Å². The van der Waals surface area contributed by atoms with Crippen LogP contribution in [0.2, 0.25) is 0 Å². The summed E-state index contributed by atoms with van der Waals surface area (Å²) in [6.45, 7) is 6.22. The van der Waals surface area contributed by atoms with Crippen LogP contribution in [0.1, 0.15) is 39.5 Å². The zero-order valence-electron chi connectivity index (χ0n) is 10.7. The molecule has 1 aliphatic rings. The van der Waals surface area contributed by atoms with Gasteiger partial charge in [-0.15, -0.1) is 0 Å². The number of hydrogen-bond donors (Lipinski definition) is 1. The Morgan fingerprint density at radius 2 is 2.00 bits per heavy atom. The first-order valence-electron chi connectivity index (χ1n) is 6.22. The van der Waals surface area contributed by atoms with Crippen LogP contribution in [0.25, 0.3) is 0 Å². The molecule has 1 saturated heterocycles. The summed E-state index contributed by atoms with van der Waals surface area (Å²) < 4.78 is 5.01. The molecule has 0 amide bonds. The lowest BCUT2D eigenvalue weighted by Gasteiger charge is -2.40. The topological polar surface area (TPSA) is 24.5 Å². The third-order valence-electron chi connectivity index (χ3n) is 3.23. The maximum Gasteiger partial charge on any atom is 0.169 e. The van der Waals surface area contributed by atoms with Crippen molar-refractivity contribution in [3.63, 3.8) is 0 Å². The van der Waals surface area contributed by atoms with Crippen LogP contribution >= 0.6 is 12.2 Å². The van der Waals surface area contributed by atoms with Crippen molar-refractivity contribution in [3.8, 4) is 0 Å². The molecule has 2 atom stereocenters. The normalized spacial score (nSPS) is 25.6. The van der Waals surface area contributed by atoms with Crippen molar-refractivity contribution in [1.82, 2.24) is 10.2 Å². The number of rotatable bonds is 4. The zero-order valence-corrected chi connectivity index (χ0v) is 11.5. The molecule has 0 spiro atoms. The predicted octanol–water partition coefficient (Wildman–Crippen LogP) is 2.16. The van der Waals surface area contributed by atoms with Gasteiger partial charge in [0.25, 0.3) is 0 Å². The van der Waals surface area contributed by atoms with Gasteiger partial charge in [0.15, 0.2) is 5.11 Å². The summed E-state index contributed by atoms with van der Waals surface area (Å²) in [5.74, 6) is 0. The van der Waals surface area contributed by atoms with E-state index in [0.29, 0.717) is 12.1 Å². The molecule has 1 rings (SSSR count). The molecule has 94 valence electrons. The second-order valence-corrected chi connectivity index (χ2v) is 5.00. The summed E-state index contributed by atoms with van der Waals surface area (Å²) in [4.78, 5) is 2.35. The second-order valence-electron chi connectivity index (χ2n) is 4.61. The molecule has 0 saturated carbocycles. The number of thiocarbonyl (C=S) groups is 1. The van der Waals surface area contributed by atoms with E-state index in [1.54, 1.807) is 7.11 Å². The van der Waals surface area contributed by atoms with Crippen LogP contribution in [0.5, 0.6) is 0 Å². The van der Waals surface area contributed by atoms with Gasteiger partial charge in [-0.25, -0.2) is 0 Å². The van der Waals surface area contributed by atoms with Crippen molar-refractivity contribution in [2.45, 2.75) is 51.6 Å². The molecule has 1 heterocycles. The monoisotopic (exact) mass is 244 g/mol. The highest BCUT2D eigenvalue weighted by atomic mass is 32.1. The van der Waals surface area contributed by atoms with Gasteiger partial charge < -0.3 is 15.0 Å². The summed E-state index contributed by atoms with van der Waals surface area (Å²) in [6.07, 6.45) is 4.84. The SMILES string of the molecule is COCCCNC(=S)N1[C@H](C)CCC[C@@H]1C. The van der Waals surface area contributed by atoms with Crippen molar-refractivity contribution in [2.75, 3.05) is 20.3 Å². The lowest BCUT2D eigenvalue weighted by molar-refractivity contribution is 0.184. The molecule has 16 heavy (non-hydrogen) atoms. The van der Waals surface area contributed by atoms with E-state index in [9.17, 15) is 0 Å². The van der Waals surface area contributed by atoms with Crippen LogP contribution in [0.3, 0.4) is 0 Å². The van der Waals surface area contributed by atoms with Crippen LogP contribution in [0, 0.1) is 0 Å². The number of nitrogens with zero attached hydrogens (tertiary/aromatic N) is 1. The molecule has 0 radical (unpaired) electrons. The molecule has 0 unspecified atom stereocenters. The number of nitrogens with one attached hydrogen (secondary N) is 1. The fraction of sp³-hybridized carbons (Fsp3) is 0.917. The maximum atomic E-state index is 5.45. The van der Waals surface area contributed by atoms with E-state index in [0.717, 1.165) is 24.7 Å². The lowest BCUT2D eigenvalue weighted by atomic mass is 9.98. The van der Waals surface area contributed by atoms with Gasteiger partial charge in [0, 0.05) is 32.3 Å². The van der Waals surface area contributed by atoms with E-state index in [1.807, 2.05) is 0 Å². The van der Waals surface area contributed by atoms with Crippen molar-refractivity contribution in [2.24, 2.45) is 0 Å². The average molecular weight is 244 g/mol. The Morgan fingerprint density at radius 3 is 2.56 bits per heavy atom. The quantitative estimate of drug-likeness (QED) is 0.605. The van der Waals surface area contributed by atoms with Crippen molar-refractivity contribution < 1.29 is 4.74 Å². The molecule has 0 aromatic carbocycles. The van der Waals surface area contributed by atoms with E-state index >= 15 is 0 Å². The van der Waals surface area contributed by atoms with E-state index in [1.165, 1.54) is 19.3 Å². The summed E-state index contributed by atoms with van der Waals surface area (Å²) in [5, 5.41) is 4.24. The summed E-state index contributed by atoms with van der Waals surface area (Å²) in [6, 6.07) is 1.15. The van der Waals surface area contributed by atoms with Crippen LogP contribution in [-0.2, 0) is 4.74 Å². The van der Waals surface area contributed by atoms with Gasteiger partial charge >= 0.3 is 0 Å². The van der Waals surface area contributed by atoms with Crippen LogP contribution in [0.15, 0.2) is 0 Å². The molecule has 3 nitrogen and oxygen atoms in total. The van der Waals surface area contributed by atoms with Gasteiger partial charge in [0.1, 0.15) is 0 Å². The van der Waals surface area contributed by atoms with Crippen LogP contribution in [0.4, 0.5) is 0 Å². The maximum absolute atomic E-state index is 5.45. The van der Waals surface area contributed by atoms with E-state index in [4.69, 9.17) is 17.0 Å². The Kier molecular flexibility index (Phi) is 6.06. The number of likely N-dealkylation sites (tertiary alicyclic amines) is 1. The molecule has 0 bridgehead atoms. The van der Waals surface area contributed by atoms with Crippen LogP contribution < -0.4 is 5.32 Å². The lowest BCUT2D eigenvalue weighted by Crippen LogP contribution is -2.51. The summed E-state index contributed by atoms with van der Waals surface area (Å²) in [7, 11) is 1.73. The first-order valence-corrected chi connectivity index (χ1v) is 6.62. The molecule has 4 heteroatoms. The fourth-order valence-electron chi connectivity index (χ4n) is 2.32. The third kappa shape index (κ3) is 3.91. The van der Waals surface area contributed by atoms with Gasteiger partial charge in [-0.05, 0) is 51.7 Å². The van der Waals surface area contributed by atoms with E-state index in [-0.39, 0.29) is 0 Å². The highest BCUT2D eigenvalue weighted by Crippen LogP contribution is 2.22. The Morgan fingerprint density at radius 1 is 1.38 bits per heavy atom. The van der Waals surface area contributed by atoms with E-state index < -0.39 is 0 Å². The molecule has 0 aromatic heterocycles. The van der Waals surface area contributed by atoms with Gasteiger partial charge in [0.2, 0.25) is 0 Å². The largest absolute Gasteiger partial charge is 0.385 e. The van der Waals surface area contributed by atoms with Crippen molar-refractivity contribution in [1.29, 1.82) is 0 Å². The Balaban J connectivity index is 2.33. The first-order chi connectivity index (χ1) is 7.66. The molecular formula is C12H24N2OS. The second kappa shape index (κ2) is 7.07. The molecule has 0 aromatic rings. The predicted molar refractivity (Wildman–Crippen MR) is 71.7 cm³/mol. The summed E-state index contributed by atoms with van der Waals surface area (Å²) in [5.41, 5.74) is 0. The minimum atomic E-state index is 0.575. The number of piperidine rings is 1. The highest BCUT2D eigenvalue weighted by molar-refractivity contribution is 7.80. The highest BCUT2D eigenvalue weighted by Gasteiger charge is 2.26. The minimum absolute atomic E-state index is 0.575. The van der Waals surface area contributed by atoms with Crippen molar-refractivity contribution >= 4 is 17.3 Å². The first kappa shape index (κ1) is 13.7. The number of ether oxygens (including phenoxy) is 1. The zero-order chi connectivity index (χ0) is 12.0. The molecule has 1 N–H and O–H groups in total. The standard InChI is InChI=1S/C12H24N2OS/c1-10-6-4-7-11(2)14(10)12(16)13-8-5-9-15-3/h10-11H,4-9H2,1-3H3,(H,13,16)/t10-,11+. The Hall–Kier alpha value is -0.350. The number of methoxy groups -OCH3 is 1. The van der Waals surface area contributed by atoms with Gasteiger partial charge in [-0.3, -0.25) is 0 Å². The summed E-state index contributed by atoms with van der Waals surface area (Å²) >= 11 is 5.45. The Labute approximate surface area is 105 Å². The van der Waals surface area contributed by atoms with Gasteiger partial charge in [-0.2, -0.15) is 0 Å². The fourth-order valence-corrected chi connectivity index (χ4v) is 2.79. The number of hydrogen-bond acceptors (Lipinski definition) is 2. The van der Waals surface area contributed by atoms with Crippen molar-refractivity contribution in [3.05, 3.63) is 0 Å². The van der Waals surface area contributed by atoms with E-state index in [2.05, 4.69) is 24.1 Å². The third-order valence-corrected chi connectivity index (χ3v) is 3.58. The molecule has 1 aliphatic heterocycles. The average Bonchev–Trinajstić information content (AvgIpc) is 2.24. The van der Waals surface area contributed by atoms with Gasteiger partial charge in [0.05, 0.1) is 0 Å². The molecular weight excluding hydrogens is 220 g/mol. The van der Waals surface area contributed by atoms with Gasteiger partial charge in [-0.1, -0.05) is 0 Å². The molecule has 0 aliphatic carbocycles. The smallest absolute Gasteiger partial charge is 0.169 e. The minimum Gasteiger partial charge on any atom is -0.385 e. The molecule has 1 fully saturated rings.